The van der Waals surface area contributed by atoms with Gasteiger partial charge in [-0.05, 0) is 56.8 Å². The van der Waals surface area contributed by atoms with Crippen molar-refractivity contribution < 1.29 is 9.47 Å². The van der Waals surface area contributed by atoms with Crippen molar-refractivity contribution in [1.29, 1.82) is 0 Å². The van der Waals surface area contributed by atoms with Gasteiger partial charge in [-0.2, -0.15) is 0 Å². The molecule has 0 atom stereocenters. The molecule has 3 fully saturated rings. The van der Waals surface area contributed by atoms with Gasteiger partial charge in [0.1, 0.15) is 0 Å². The zero-order chi connectivity index (χ0) is 16.7. The molecule has 1 N–H and O–H groups in total. The van der Waals surface area contributed by atoms with Crippen molar-refractivity contribution in [3.63, 3.8) is 0 Å². The second kappa shape index (κ2) is 9.04. The van der Waals surface area contributed by atoms with Crippen LogP contribution in [0.1, 0.15) is 51.9 Å². The Morgan fingerprint density at radius 2 is 2.12 bits per heavy atom. The van der Waals surface area contributed by atoms with Gasteiger partial charge in [0.05, 0.1) is 0 Å². The number of ether oxygens (including phenoxy) is 2. The Labute approximate surface area is 147 Å². The van der Waals surface area contributed by atoms with E-state index in [1.165, 1.54) is 38.8 Å². The van der Waals surface area contributed by atoms with Crippen LogP contribution in [0.15, 0.2) is 4.99 Å². The summed E-state index contributed by atoms with van der Waals surface area (Å²) in [6.45, 7) is 9.87. The van der Waals surface area contributed by atoms with E-state index in [-0.39, 0.29) is 0 Å². The van der Waals surface area contributed by atoms with Gasteiger partial charge in [-0.15, -0.1) is 0 Å². The molecule has 2 heterocycles. The van der Waals surface area contributed by atoms with Crippen LogP contribution in [0.3, 0.4) is 0 Å². The zero-order valence-electron chi connectivity index (χ0n) is 15.4. The van der Waals surface area contributed by atoms with Gasteiger partial charge in [0.25, 0.3) is 0 Å². The lowest BCUT2D eigenvalue weighted by molar-refractivity contribution is 0.0205. The van der Waals surface area contributed by atoms with Gasteiger partial charge in [0, 0.05) is 52.6 Å². The largest absolute Gasteiger partial charge is 0.381 e. The molecule has 5 nitrogen and oxygen atoms in total. The summed E-state index contributed by atoms with van der Waals surface area (Å²) in [5.74, 6) is 1.81. The van der Waals surface area contributed by atoms with Crippen LogP contribution >= 0.6 is 0 Å². The van der Waals surface area contributed by atoms with Gasteiger partial charge in [-0.1, -0.05) is 6.42 Å². The first kappa shape index (κ1) is 18.0. The highest BCUT2D eigenvalue weighted by Crippen LogP contribution is 2.47. The molecular formula is C19H35N3O2. The summed E-state index contributed by atoms with van der Waals surface area (Å²) in [5, 5.41) is 3.47. The van der Waals surface area contributed by atoms with Crippen LogP contribution in [0.25, 0.3) is 0 Å². The zero-order valence-corrected chi connectivity index (χ0v) is 15.4. The third-order valence-electron chi connectivity index (χ3n) is 5.89. The van der Waals surface area contributed by atoms with E-state index in [4.69, 9.17) is 14.5 Å². The Balaban J connectivity index is 1.33. The third kappa shape index (κ3) is 4.85. The summed E-state index contributed by atoms with van der Waals surface area (Å²) in [5.41, 5.74) is 0.628. The number of likely N-dealkylation sites (tertiary alicyclic amines) is 1. The molecule has 1 aliphatic carbocycles. The number of nitrogens with zero attached hydrogens (tertiary/aromatic N) is 2. The molecule has 5 heteroatoms. The molecule has 3 rings (SSSR count). The summed E-state index contributed by atoms with van der Waals surface area (Å²) in [7, 11) is 0. The molecule has 0 aromatic rings. The smallest absolute Gasteiger partial charge is 0.193 e. The number of guanidine groups is 1. The predicted molar refractivity (Wildman–Crippen MR) is 97.4 cm³/mol. The standard InChI is InChI=1S/C19H35N3O2/c1-2-20-18(22-11-9-19(16-22)7-3-8-19)21-10-4-12-24-15-17-5-13-23-14-6-17/h17H,2-16H2,1H3,(H,20,21). The molecule has 138 valence electrons. The van der Waals surface area contributed by atoms with E-state index < -0.39 is 0 Å². The minimum Gasteiger partial charge on any atom is -0.381 e. The summed E-state index contributed by atoms with van der Waals surface area (Å²) < 4.78 is 11.2. The van der Waals surface area contributed by atoms with E-state index in [1.807, 2.05) is 0 Å². The number of rotatable bonds is 7. The van der Waals surface area contributed by atoms with Crippen molar-refractivity contribution in [2.24, 2.45) is 16.3 Å². The van der Waals surface area contributed by atoms with Crippen molar-refractivity contribution in [2.45, 2.75) is 51.9 Å². The lowest BCUT2D eigenvalue weighted by Gasteiger charge is -2.38. The Morgan fingerprint density at radius 3 is 2.79 bits per heavy atom. The second-order valence-electron chi connectivity index (χ2n) is 7.74. The molecule has 2 saturated heterocycles. The lowest BCUT2D eigenvalue weighted by Crippen LogP contribution is -2.42. The van der Waals surface area contributed by atoms with Crippen LogP contribution in [0, 0.1) is 11.3 Å². The molecule has 0 aromatic heterocycles. The molecule has 0 bridgehead atoms. The molecule has 1 spiro atoms. The topological polar surface area (TPSA) is 46.1 Å². The van der Waals surface area contributed by atoms with Gasteiger partial charge >= 0.3 is 0 Å². The SMILES string of the molecule is CCNC(=NCCCOCC1CCOCC1)N1CCC2(CCC2)C1. The fraction of sp³-hybridized carbons (Fsp3) is 0.947. The van der Waals surface area contributed by atoms with Crippen molar-refractivity contribution in [3.05, 3.63) is 0 Å². The predicted octanol–water partition coefficient (Wildman–Crippen LogP) is 2.66. The van der Waals surface area contributed by atoms with E-state index in [2.05, 4.69) is 17.1 Å². The van der Waals surface area contributed by atoms with Gasteiger partial charge in [0.2, 0.25) is 0 Å². The molecule has 1 saturated carbocycles. The Kier molecular flexibility index (Phi) is 6.78. The first-order chi connectivity index (χ1) is 11.8. The Bertz CT molecular complexity index is 403. The van der Waals surface area contributed by atoms with Gasteiger partial charge < -0.3 is 19.7 Å². The second-order valence-corrected chi connectivity index (χ2v) is 7.74. The molecule has 24 heavy (non-hydrogen) atoms. The molecule has 3 aliphatic rings. The van der Waals surface area contributed by atoms with Crippen molar-refractivity contribution in [2.75, 3.05) is 52.6 Å². The molecule has 0 unspecified atom stereocenters. The third-order valence-corrected chi connectivity index (χ3v) is 5.89. The van der Waals surface area contributed by atoms with E-state index >= 15 is 0 Å². The average molecular weight is 338 g/mol. The highest BCUT2D eigenvalue weighted by Gasteiger charge is 2.43. The van der Waals surface area contributed by atoms with Crippen LogP contribution in [0.5, 0.6) is 0 Å². The van der Waals surface area contributed by atoms with Crippen molar-refractivity contribution >= 4 is 5.96 Å². The summed E-state index contributed by atoms with van der Waals surface area (Å²) in [4.78, 5) is 7.31. The first-order valence-electron chi connectivity index (χ1n) is 10.0. The minimum absolute atomic E-state index is 0.628. The number of hydrogen-bond donors (Lipinski definition) is 1. The summed E-state index contributed by atoms with van der Waals surface area (Å²) in [6, 6.07) is 0. The Morgan fingerprint density at radius 1 is 1.29 bits per heavy atom. The van der Waals surface area contributed by atoms with E-state index in [0.29, 0.717) is 11.3 Å². The molecule has 0 aromatic carbocycles. The maximum absolute atomic E-state index is 5.84. The highest BCUT2D eigenvalue weighted by atomic mass is 16.5. The maximum atomic E-state index is 5.84. The van der Waals surface area contributed by atoms with Crippen LogP contribution in [-0.4, -0.2) is 63.5 Å². The monoisotopic (exact) mass is 337 g/mol. The number of aliphatic imine (C=N–C) groups is 1. The van der Waals surface area contributed by atoms with Crippen molar-refractivity contribution in [1.82, 2.24) is 10.2 Å². The molecular weight excluding hydrogens is 302 g/mol. The van der Waals surface area contributed by atoms with Gasteiger partial charge in [-0.3, -0.25) is 4.99 Å². The van der Waals surface area contributed by atoms with Crippen LogP contribution in [0.2, 0.25) is 0 Å². The van der Waals surface area contributed by atoms with Gasteiger partial charge in [0.15, 0.2) is 5.96 Å². The summed E-state index contributed by atoms with van der Waals surface area (Å²) in [6.07, 6.45) is 8.93. The van der Waals surface area contributed by atoms with E-state index in [0.717, 1.165) is 64.7 Å². The first-order valence-corrected chi connectivity index (χ1v) is 10.0. The normalized spacial score (nSPS) is 24.4. The van der Waals surface area contributed by atoms with Gasteiger partial charge in [-0.25, -0.2) is 0 Å². The maximum Gasteiger partial charge on any atom is 0.193 e. The Hall–Kier alpha value is -0.810. The number of nitrogens with one attached hydrogen (secondary N) is 1. The highest BCUT2D eigenvalue weighted by molar-refractivity contribution is 5.80. The molecule has 2 aliphatic heterocycles. The fourth-order valence-corrected chi connectivity index (χ4v) is 4.14. The fourth-order valence-electron chi connectivity index (χ4n) is 4.14. The quantitative estimate of drug-likeness (QED) is 0.441. The lowest BCUT2D eigenvalue weighted by atomic mass is 9.68. The summed E-state index contributed by atoms with van der Waals surface area (Å²) >= 11 is 0. The molecule has 0 radical (unpaired) electrons. The average Bonchev–Trinajstić information content (AvgIpc) is 3.04. The van der Waals surface area contributed by atoms with Crippen LogP contribution in [0.4, 0.5) is 0 Å². The van der Waals surface area contributed by atoms with Crippen LogP contribution in [-0.2, 0) is 9.47 Å². The molecule has 0 amide bonds. The minimum atomic E-state index is 0.628. The van der Waals surface area contributed by atoms with Crippen molar-refractivity contribution in [3.8, 4) is 0 Å². The van der Waals surface area contributed by atoms with E-state index in [9.17, 15) is 0 Å². The van der Waals surface area contributed by atoms with Crippen LogP contribution < -0.4 is 5.32 Å². The number of hydrogen-bond acceptors (Lipinski definition) is 3. The van der Waals surface area contributed by atoms with E-state index in [1.54, 1.807) is 0 Å².